The largest absolute Gasteiger partial charge is 0.382 e. The Bertz CT molecular complexity index is 1790. The van der Waals surface area contributed by atoms with E-state index in [9.17, 15) is 4.91 Å². The van der Waals surface area contributed by atoms with Gasteiger partial charge >= 0.3 is 0 Å². The molecule has 6 aromatic rings. The predicted octanol–water partition coefficient (Wildman–Crippen LogP) is 5.40. The number of pyridine rings is 2. The molecule has 4 heterocycles. The van der Waals surface area contributed by atoms with Crippen LogP contribution in [0.4, 0.5) is 11.6 Å². The smallest absolute Gasteiger partial charge is 0.225 e. The molecule has 0 aliphatic rings. The van der Waals surface area contributed by atoms with E-state index in [4.69, 9.17) is 10.5 Å². The molecule has 0 saturated heterocycles. The van der Waals surface area contributed by atoms with Crippen molar-refractivity contribution in [3.05, 3.63) is 65.1 Å². The Morgan fingerprint density at radius 3 is 2.73 bits per heavy atom. The lowest BCUT2D eigenvalue weighted by Crippen LogP contribution is -2.10. The van der Waals surface area contributed by atoms with Crippen molar-refractivity contribution in [3.8, 4) is 0 Å². The number of ether oxygens (including phenoxy) is 1. The van der Waals surface area contributed by atoms with E-state index in [-0.39, 0.29) is 11.7 Å². The van der Waals surface area contributed by atoms with E-state index in [1.807, 2.05) is 55.7 Å². The molecule has 2 aromatic carbocycles. The highest BCUT2D eigenvalue weighted by Crippen LogP contribution is 2.33. The maximum atomic E-state index is 11.7. The fraction of sp³-hybridized carbons (Fsp3) is 0.259. The summed E-state index contributed by atoms with van der Waals surface area (Å²) in [5, 5.41) is 5.11. The Kier molecular flexibility index (Phi) is 5.72. The summed E-state index contributed by atoms with van der Waals surface area (Å²) in [5.74, 6) is 1.38. The van der Waals surface area contributed by atoms with Gasteiger partial charge in [-0.1, -0.05) is 43.3 Å². The van der Waals surface area contributed by atoms with Gasteiger partial charge in [0.25, 0.3) is 0 Å². The van der Waals surface area contributed by atoms with E-state index < -0.39 is 0 Å². The molecule has 0 spiro atoms. The van der Waals surface area contributed by atoms with Crippen molar-refractivity contribution in [1.29, 1.82) is 0 Å². The van der Waals surface area contributed by atoms with Crippen molar-refractivity contribution in [1.82, 2.24) is 29.5 Å². The summed E-state index contributed by atoms with van der Waals surface area (Å²) in [5.41, 5.74) is 11.7. The third kappa shape index (κ3) is 3.95. The van der Waals surface area contributed by atoms with Crippen LogP contribution >= 0.6 is 0 Å². The molecular weight excluding hydrogens is 468 g/mol. The summed E-state index contributed by atoms with van der Waals surface area (Å²) in [7, 11) is 0. The van der Waals surface area contributed by atoms with Crippen molar-refractivity contribution < 1.29 is 4.74 Å². The van der Waals surface area contributed by atoms with Crippen molar-refractivity contribution in [2.45, 2.75) is 33.4 Å². The van der Waals surface area contributed by atoms with Gasteiger partial charge in [0.05, 0.1) is 28.4 Å². The number of aromatic amines is 1. The van der Waals surface area contributed by atoms with Gasteiger partial charge in [-0.2, -0.15) is 0 Å². The van der Waals surface area contributed by atoms with Crippen molar-refractivity contribution in [2.75, 3.05) is 12.3 Å². The molecule has 4 aromatic heterocycles. The molecular formula is C27H26N8O2. The van der Waals surface area contributed by atoms with E-state index in [2.05, 4.69) is 41.6 Å². The van der Waals surface area contributed by atoms with Gasteiger partial charge < -0.3 is 20.0 Å². The molecule has 0 aliphatic carbocycles. The minimum atomic E-state index is 0.0802. The number of nitrogens with zero attached hydrogens (tertiary/aromatic N) is 6. The number of anilines is 1. The Hall–Kier alpha value is -4.44. The molecule has 0 saturated carbocycles. The van der Waals surface area contributed by atoms with Crippen LogP contribution in [0.25, 0.3) is 43.9 Å². The fourth-order valence-electron chi connectivity index (χ4n) is 5.08. The quantitative estimate of drug-likeness (QED) is 0.270. The first-order valence-corrected chi connectivity index (χ1v) is 12.3. The summed E-state index contributed by atoms with van der Waals surface area (Å²) in [4.78, 5) is 33.2. The molecule has 0 amide bonds. The predicted molar refractivity (Wildman–Crippen MR) is 144 cm³/mol. The molecule has 0 fully saturated rings. The maximum absolute atomic E-state index is 11.7. The fourth-order valence-corrected chi connectivity index (χ4v) is 5.08. The Morgan fingerprint density at radius 2 is 1.89 bits per heavy atom. The first-order valence-electron chi connectivity index (χ1n) is 12.3. The molecule has 1 atom stereocenters. The lowest BCUT2D eigenvalue weighted by Gasteiger charge is -2.15. The number of rotatable bonds is 8. The highest BCUT2D eigenvalue weighted by molar-refractivity contribution is 6.07. The second kappa shape index (κ2) is 9.21. The van der Waals surface area contributed by atoms with Gasteiger partial charge in [0.2, 0.25) is 5.82 Å². The van der Waals surface area contributed by atoms with E-state index in [1.165, 1.54) is 0 Å². The first kappa shape index (κ1) is 23.0. The van der Waals surface area contributed by atoms with Gasteiger partial charge in [0.15, 0.2) is 5.82 Å². The van der Waals surface area contributed by atoms with Crippen LogP contribution < -0.4 is 5.73 Å². The second-order valence-electron chi connectivity index (χ2n) is 9.30. The van der Waals surface area contributed by atoms with Crippen LogP contribution in [0.15, 0.2) is 54.0 Å². The molecule has 1 unspecified atom stereocenters. The number of H-pyrrole nitrogens is 1. The van der Waals surface area contributed by atoms with Crippen molar-refractivity contribution in [2.24, 2.45) is 11.1 Å². The average Bonchev–Trinajstić information content (AvgIpc) is 3.53. The lowest BCUT2D eigenvalue weighted by atomic mass is 9.98. The third-order valence-corrected chi connectivity index (χ3v) is 6.66. The minimum absolute atomic E-state index is 0.0802. The average molecular weight is 495 g/mol. The van der Waals surface area contributed by atoms with Gasteiger partial charge in [-0.3, -0.25) is 0 Å². The SMILES string of the molecule is CCOCc1nc2c(N=O)nc3c(CC(C)Cn4cnc5c(N)nc6ccccc6c54)cccc3c2[nH]1. The molecule has 186 valence electrons. The molecule has 3 N–H and O–H groups in total. The number of nitroso groups, excluding NO2 is 1. The summed E-state index contributed by atoms with van der Waals surface area (Å²) in [6.45, 7) is 5.73. The summed E-state index contributed by atoms with van der Waals surface area (Å²) in [6, 6.07) is 14.0. The lowest BCUT2D eigenvalue weighted by molar-refractivity contribution is 0.129. The topological polar surface area (TPSA) is 137 Å². The number of imidazole rings is 2. The number of nitrogen functional groups attached to an aromatic ring is 1. The van der Waals surface area contributed by atoms with Crippen LogP contribution in [-0.4, -0.2) is 36.1 Å². The zero-order valence-electron chi connectivity index (χ0n) is 20.6. The van der Waals surface area contributed by atoms with Gasteiger partial charge in [0, 0.05) is 23.9 Å². The Labute approximate surface area is 211 Å². The highest BCUT2D eigenvalue weighted by Gasteiger charge is 2.18. The molecule has 10 heteroatoms. The minimum Gasteiger partial charge on any atom is -0.382 e. The van der Waals surface area contributed by atoms with Gasteiger partial charge in [-0.15, -0.1) is 4.91 Å². The standard InChI is InChI=1S/C27H26N8O2/c1-3-37-13-20-31-22-18-9-6-7-16(21(18)33-27(34-36)23(22)32-20)11-15(2)12-35-14-29-24-25(35)17-8-4-5-10-19(17)30-26(24)28/h4-10,14-15H,3,11-13H2,1-2H3,(H2,28,30)(H,31,32). The number of nitrogens with one attached hydrogen (secondary N) is 1. The van der Waals surface area contributed by atoms with Crippen molar-refractivity contribution in [3.63, 3.8) is 0 Å². The summed E-state index contributed by atoms with van der Waals surface area (Å²) in [6.07, 6.45) is 2.57. The number of fused-ring (bicyclic) bond motifs is 6. The number of hydrogen-bond acceptors (Lipinski definition) is 8. The van der Waals surface area contributed by atoms with E-state index in [0.29, 0.717) is 35.9 Å². The number of hydrogen-bond donors (Lipinski definition) is 2. The van der Waals surface area contributed by atoms with Crippen LogP contribution in [0, 0.1) is 10.8 Å². The zero-order valence-corrected chi connectivity index (χ0v) is 20.6. The number of benzene rings is 2. The zero-order chi connectivity index (χ0) is 25.5. The molecule has 37 heavy (non-hydrogen) atoms. The highest BCUT2D eigenvalue weighted by atomic mass is 16.5. The van der Waals surface area contributed by atoms with Gasteiger partial charge in [-0.25, -0.2) is 19.9 Å². The third-order valence-electron chi connectivity index (χ3n) is 6.66. The number of aromatic nitrogens is 6. The normalized spacial score (nSPS) is 12.7. The number of nitrogens with two attached hydrogens (primary N) is 1. The first-order chi connectivity index (χ1) is 18.1. The molecule has 0 radical (unpaired) electrons. The van der Waals surface area contributed by atoms with Crippen LogP contribution in [0.2, 0.25) is 0 Å². The van der Waals surface area contributed by atoms with Crippen LogP contribution in [0.5, 0.6) is 0 Å². The van der Waals surface area contributed by atoms with Crippen LogP contribution in [0.1, 0.15) is 25.2 Å². The summed E-state index contributed by atoms with van der Waals surface area (Å²) >= 11 is 0. The molecule has 0 bridgehead atoms. The van der Waals surface area contributed by atoms with Crippen LogP contribution in [0.3, 0.4) is 0 Å². The Morgan fingerprint density at radius 1 is 1.05 bits per heavy atom. The number of para-hydroxylation sites is 2. The maximum Gasteiger partial charge on any atom is 0.225 e. The second-order valence-corrected chi connectivity index (χ2v) is 9.30. The van der Waals surface area contributed by atoms with E-state index >= 15 is 0 Å². The van der Waals surface area contributed by atoms with E-state index in [1.54, 1.807) is 0 Å². The Balaban J connectivity index is 1.37. The van der Waals surface area contributed by atoms with Gasteiger partial charge in [0.1, 0.15) is 23.5 Å². The molecule has 0 aliphatic heterocycles. The van der Waals surface area contributed by atoms with E-state index in [0.717, 1.165) is 51.4 Å². The summed E-state index contributed by atoms with van der Waals surface area (Å²) < 4.78 is 7.63. The molecule has 10 nitrogen and oxygen atoms in total. The van der Waals surface area contributed by atoms with Gasteiger partial charge in [-0.05, 0) is 36.1 Å². The van der Waals surface area contributed by atoms with Crippen molar-refractivity contribution >= 4 is 55.5 Å². The monoisotopic (exact) mass is 494 g/mol. The van der Waals surface area contributed by atoms with Crippen LogP contribution in [-0.2, 0) is 24.3 Å². The molecule has 6 rings (SSSR count).